The summed E-state index contributed by atoms with van der Waals surface area (Å²) in [7, 11) is 0. The van der Waals surface area contributed by atoms with Crippen LogP contribution in [0.5, 0.6) is 0 Å². The maximum atomic E-state index is 12.4. The van der Waals surface area contributed by atoms with Gasteiger partial charge in [-0.15, -0.1) is 11.8 Å². The van der Waals surface area contributed by atoms with E-state index in [9.17, 15) is 13.2 Å². The van der Waals surface area contributed by atoms with E-state index in [-0.39, 0.29) is 5.82 Å². The number of hydrogen-bond donors (Lipinski definition) is 0. The summed E-state index contributed by atoms with van der Waals surface area (Å²) in [6, 6.07) is 7.04. The van der Waals surface area contributed by atoms with E-state index >= 15 is 0 Å². The molecule has 0 amide bonds. The minimum atomic E-state index is -4.62. The van der Waals surface area contributed by atoms with Gasteiger partial charge < -0.3 is 4.52 Å². The average Bonchev–Trinajstić information content (AvgIpc) is 2.77. The molecule has 19 heavy (non-hydrogen) atoms. The molecule has 0 radical (unpaired) electrons. The van der Waals surface area contributed by atoms with Crippen LogP contribution in [-0.4, -0.2) is 15.4 Å². The van der Waals surface area contributed by atoms with Crippen LogP contribution in [0.2, 0.25) is 0 Å². The van der Waals surface area contributed by atoms with Crippen LogP contribution in [0.1, 0.15) is 19.7 Å². The summed E-state index contributed by atoms with van der Waals surface area (Å²) in [5.41, 5.74) is 0.505. The Hall–Kier alpha value is -1.50. The molecule has 0 spiro atoms. The molecular formula is C12H11F3N2OS. The van der Waals surface area contributed by atoms with Gasteiger partial charge in [0.05, 0.1) is 0 Å². The van der Waals surface area contributed by atoms with E-state index in [2.05, 4.69) is 14.7 Å². The van der Waals surface area contributed by atoms with Crippen molar-refractivity contribution < 1.29 is 17.7 Å². The number of halogens is 3. The van der Waals surface area contributed by atoms with Gasteiger partial charge in [0, 0.05) is 15.7 Å². The average molecular weight is 288 g/mol. The zero-order chi connectivity index (χ0) is 14.0. The van der Waals surface area contributed by atoms with Crippen molar-refractivity contribution in [3.05, 3.63) is 30.2 Å². The van der Waals surface area contributed by atoms with Crippen molar-refractivity contribution in [1.29, 1.82) is 0 Å². The van der Waals surface area contributed by atoms with Crippen molar-refractivity contribution in [3.63, 3.8) is 0 Å². The summed E-state index contributed by atoms with van der Waals surface area (Å²) in [4.78, 5) is 4.31. The van der Waals surface area contributed by atoms with Crippen LogP contribution in [0.15, 0.2) is 33.7 Å². The van der Waals surface area contributed by atoms with Gasteiger partial charge >= 0.3 is 12.1 Å². The summed E-state index contributed by atoms with van der Waals surface area (Å²) in [6.07, 6.45) is -4.62. The van der Waals surface area contributed by atoms with Crippen LogP contribution in [0.25, 0.3) is 11.4 Å². The van der Waals surface area contributed by atoms with Crippen molar-refractivity contribution in [2.75, 3.05) is 0 Å². The van der Waals surface area contributed by atoms with Gasteiger partial charge in [-0.1, -0.05) is 31.1 Å². The van der Waals surface area contributed by atoms with E-state index in [1.54, 1.807) is 30.0 Å². The second kappa shape index (κ2) is 5.24. The van der Waals surface area contributed by atoms with Gasteiger partial charge in [0.25, 0.3) is 0 Å². The van der Waals surface area contributed by atoms with Crippen LogP contribution in [0.4, 0.5) is 13.2 Å². The lowest BCUT2D eigenvalue weighted by atomic mass is 10.2. The molecule has 0 N–H and O–H groups in total. The maximum Gasteiger partial charge on any atom is 0.471 e. The number of nitrogens with zero attached hydrogens (tertiary/aromatic N) is 2. The largest absolute Gasteiger partial charge is 0.471 e. The zero-order valence-corrected chi connectivity index (χ0v) is 11.0. The molecule has 0 aliphatic heterocycles. The Kier molecular flexibility index (Phi) is 3.84. The van der Waals surface area contributed by atoms with Crippen LogP contribution in [0.3, 0.4) is 0 Å². The normalized spacial score (nSPS) is 12.1. The third-order valence-corrected chi connectivity index (χ3v) is 3.13. The van der Waals surface area contributed by atoms with Gasteiger partial charge in [-0.25, -0.2) is 0 Å². The van der Waals surface area contributed by atoms with E-state index in [1.807, 2.05) is 19.9 Å². The number of benzene rings is 1. The lowest BCUT2D eigenvalue weighted by Crippen LogP contribution is -2.04. The molecule has 0 saturated heterocycles. The monoisotopic (exact) mass is 288 g/mol. The standard InChI is InChI=1S/C12H11F3N2OS/c1-7(2)19-9-5-3-4-8(6-9)10-16-11(18-17-10)12(13,14)15/h3-7H,1-2H3. The molecule has 1 aromatic heterocycles. The minimum Gasteiger partial charge on any atom is -0.329 e. The third kappa shape index (κ3) is 3.50. The summed E-state index contributed by atoms with van der Waals surface area (Å²) >= 11 is 1.61. The number of thioether (sulfide) groups is 1. The fraction of sp³-hybridized carbons (Fsp3) is 0.333. The highest BCUT2D eigenvalue weighted by molar-refractivity contribution is 7.99. The van der Waals surface area contributed by atoms with Crippen molar-refractivity contribution >= 4 is 11.8 Å². The van der Waals surface area contributed by atoms with Crippen LogP contribution >= 0.6 is 11.8 Å². The number of alkyl halides is 3. The van der Waals surface area contributed by atoms with Gasteiger partial charge in [0.2, 0.25) is 5.82 Å². The highest BCUT2D eigenvalue weighted by Crippen LogP contribution is 2.31. The Morgan fingerprint density at radius 2 is 2.00 bits per heavy atom. The molecule has 0 bridgehead atoms. The quantitative estimate of drug-likeness (QED) is 0.791. The topological polar surface area (TPSA) is 38.9 Å². The summed E-state index contributed by atoms with van der Waals surface area (Å²) in [6.45, 7) is 4.07. The molecule has 3 nitrogen and oxygen atoms in total. The molecular weight excluding hydrogens is 277 g/mol. The molecule has 102 valence electrons. The van der Waals surface area contributed by atoms with E-state index in [4.69, 9.17) is 0 Å². The molecule has 0 unspecified atom stereocenters. The Labute approximate surface area is 112 Å². The van der Waals surface area contributed by atoms with E-state index in [0.29, 0.717) is 10.8 Å². The molecule has 0 atom stereocenters. The fourth-order valence-electron chi connectivity index (χ4n) is 1.44. The molecule has 0 aliphatic carbocycles. The summed E-state index contributed by atoms with van der Waals surface area (Å²) < 4.78 is 41.3. The minimum absolute atomic E-state index is 0.0569. The first-order valence-corrected chi connectivity index (χ1v) is 6.42. The first-order valence-electron chi connectivity index (χ1n) is 5.54. The number of rotatable bonds is 3. The smallest absolute Gasteiger partial charge is 0.329 e. The molecule has 0 aliphatic rings. The third-order valence-electron chi connectivity index (χ3n) is 2.13. The first-order chi connectivity index (χ1) is 8.86. The lowest BCUT2D eigenvalue weighted by Gasteiger charge is -2.05. The Balaban J connectivity index is 2.29. The summed E-state index contributed by atoms with van der Waals surface area (Å²) in [5, 5.41) is 3.74. The van der Waals surface area contributed by atoms with Gasteiger partial charge in [0.1, 0.15) is 0 Å². The predicted molar refractivity (Wildman–Crippen MR) is 65.7 cm³/mol. The SMILES string of the molecule is CC(C)Sc1cccc(-c2noc(C(F)(F)F)n2)c1. The fourth-order valence-corrected chi connectivity index (χ4v) is 2.33. The van der Waals surface area contributed by atoms with E-state index in [1.165, 1.54) is 0 Å². The van der Waals surface area contributed by atoms with Crippen molar-refractivity contribution in [2.45, 2.75) is 30.2 Å². The Morgan fingerprint density at radius 1 is 1.26 bits per heavy atom. The van der Waals surface area contributed by atoms with Gasteiger partial charge in [-0.2, -0.15) is 18.2 Å². The van der Waals surface area contributed by atoms with Crippen LogP contribution in [-0.2, 0) is 6.18 Å². The molecule has 0 saturated carbocycles. The maximum absolute atomic E-state index is 12.4. The van der Waals surface area contributed by atoms with Gasteiger partial charge in [-0.05, 0) is 12.1 Å². The Morgan fingerprint density at radius 3 is 2.58 bits per heavy atom. The number of hydrogen-bond acceptors (Lipinski definition) is 4. The van der Waals surface area contributed by atoms with E-state index in [0.717, 1.165) is 4.90 Å². The molecule has 0 fully saturated rings. The molecule has 7 heteroatoms. The molecule has 2 rings (SSSR count). The van der Waals surface area contributed by atoms with Crippen LogP contribution < -0.4 is 0 Å². The van der Waals surface area contributed by atoms with Gasteiger partial charge in [0.15, 0.2) is 0 Å². The molecule has 1 aromatic carbocycles. The molecule has 2 aromatic rings. The van der Waals surface area contributed by atoms with Crippen molar-refractivity contribution in [1.82, 2.24) is 10.1 Å². The second-order valence-electron chi connectivity index (χ2n) is 4.12. The first kappa shape index (κ1) is 13.9. The predicted octanol–water partition coefficient (Wildman–Crippen LogP) is 4.26. The number of aromatic nitrogens is 2. The molecule has 1 heterocycles. The Bertz CT molecular complexity index is 566. The highest BCUT2D eigenvalue weighted by Gasteiger charge is 2.38. The summed E-state index contributed by atoms with van der Waals surface area (Å²) in [5.74, 6) is -1.39. The zero-order valence-electron chi connectivity index (χ0n) is 10.2. The van der Waals surface area contributed by atoms with Crippen LogP contribution in [0, 0.1) is 0 Å². The van der Waals surface area contributed by atoms with E-state index < -0.39 is 12.1 Å². The van der Waals surface area contributed by atoms with Gasteiger partial charge in [-0.3, -0.25) is 0 Å². The van der Waals surface area contributed by atoms with Crippen molar-refractivity contribution in [2.24, 2.45) is 0 Å². The highest BCUT2D eigenvalue weighted by atomic mass is 32.2. The van der Waals surface area contributed by atoms with Crippen molar-refractivity contribution in [3.8, 4) is 11.4 Å². The lowest BCUT2D eigenvalue weighted by molar-refractivity contribution is -0.159. The second-order valence-corrected chi connectivity index (χ2v) is 5.77.